The number of rotatable bonds is 1. The largest absolute Gasteiger partial charge is 0.311 e. The Labute approximate surface area is 113 Å². The maximum atomic E-state index is 15.6. The third-order valence-electron chi connectivity index (χ3n) is 5.13. The van der Waals surface area contributed by atoms with Crippen molar-refractivity contribution in [1.29, 1.82) is 0 Å². The molecule has 0 spiro atoms. The second-order valence-corrected chi connectivity index (χ2v) is 6.42. The van der Waals surface area contributed by atoms with E-state index in [0.29, 0.717) is 24.9 Å². The summed E-state index contributed by atoms with van der Waals surface area (Å²) in [6.45, 7) is 0.899. The number of nitrogens with one attached hydrogen (secondary N) is 2. The van der Waals surface area contributed by atoms with E-state index in [-0.39, 0.29) is 6.04 Å². The lowest BCUT2D eigenvalue weighted by Gasteiger charge is -2.43. The molecule has 2 bridgehead atoms. The van der Waals surface area contributed by atoms with Crippen molar-refractivity contribution in [3.8, 4) is 0 Å². The summed E-state index contributed by atoms with van der Waals surface area (Å²) in [6.07, 6.45) is 4.63. The molecule has 2 saturated heterocycles. The minimum absolute atomic E-state index is 0.109. The molecule has 0 saturated carbocycles. The quantitative estimate of drug-likeness (QED) is 0.810. The van der Waals surface area contributed by atoms with Crippen LogP contribution in [0, 0.1) is 0 Å². The summed E-state index contributed by atoms with van der Waals surface area (Å²) < 4.78 is 15.6. The molecule has 0 amide bonds. The SMILES string of the molecule is FC1(C2NCCc3ccccc32)CC2CCC(C1)N2. The van der Waals surface area contributed by atoms with Crippen LogP contribution in [0.4, 0.5) is 4.39 Å². The van der Waals surface area contributed by atoms with Gasteiger partial charge in [0.15, 0.2) is 0 Å². The highest BCUT2D eigenvalue weighted by molar-refractivity contribution is 5.35. The Kier molecular flexibility index (Phi) is 2.68. The first kappa shape index (κ1) is 11.9. The number of fused-ring (bicyclic) bond motifs is 3. The summed E-state index contributed by atoms with van der Waals surface area (Å²) in [6, 6.07) is 9.04. The van der Waals surface area contributed by atoms with E-state index in [2.05, 4.69) is 28.8 Å². The molecule has 1 aromatic carbocycles. The van der Waals surface area contributed by atoms with Gasteiger partial charge >= 0.3 is 0 Å². The molecule has 0 aliphatic carbocycles. The van der Waals surface area contributed by atoms with E-state index in [1.807, 2.05) is 6.07 Å². The predicted molar refractivity (Wildman–Crippen MR) is 73.9 cm³/mol. The number of alkyl halides is 1. The third kappa shape index (κ3) is 1.91. The fourth-order valence-electron chi connectivity index (χ4n) is 4.33. The van der Waals surface area contributed by atoms with E-state index in [9.17, 15) is 0 Å². The molecule has 0 aromatic heterocycles. The van der Waals surface area contributed by atoms with Crippen molar-refractivity contribution in [1.82, 2.24) is 10.6 Å². The van der Waals surface area contributed by atoms with E-state index in [4.69, 9.17) is 0 Å². The Morgan fingerprint density at radius 2 is 1.84 bits per heavy atom. The Balaban J connectivity index is 1.69. The Morgan fingerprint density at radius 1 is 1.11 bits per heavy atom. The minimum atomic E-state index is -1.08. The normalized spacial score (nSPS) is 41.0. The zero-order valence-electron chi connectivity index (χ0n) is 11.2. The molecule has 3 aliphatic heterocycles. The van der Waals surface area contributed by atoms with Gasteiger partial charge < -0.3 is 10.6 Å². The highest BCUT2D eigenvalue weighted by Crippen LogP contribution is 2.45. The molecule has 4 rings (SSSR count). The van der Waals surface area contributed by atoms with Crippen LogP contribution < -0.4 is 10.6 Å². The number of halogens is 1. The third-order valence-corrected chi connectivity index (χ3v) is 5.13. The predicted octanol–water partition coefficient (Wildman–Crippen LogP) is 2.50. The number of hydrogen-bond acceptors (Lipinski definition) is 2. The molecule has 2 nitrogen and oxygen atoms in total. The highest BCUT2D eigenvalue weighted by Gasteiger charge is 2.50. The summed E-state index contributed by atoms with van der Waals surface area (Å²) in [4.78, 5) is 0. The lowest BCUT2D eigenvalue weighted by molar-refractivity contribution is 0.0429. The van der Waals surface area contributed by atoms with Crippen LogP contribution in [-0.2, 0) is 6.42 Å². The maximum absolute atomic E-state index is 15.6. The molecule has 3 unspecified atom stereocenters. The van der Waals surface area contributed by atoms with E-state index in [1.54, 1.807) is 0 Å². The molecule has 3 heterocycles. The minimum Gasteiger partial charge on any atom is -0.311 e. The van der Waals surface area contributed by atoms with Gasteiger partial charge in [0.2, 0.25) is 0 Å². The molecule has 3 atom stereocenters. The average Bonchev–Trinajstić information content (AvgIpc) is 2.78. The van der Waals surface area contributed by atoms with Crippen LogP contribution in [-0.4, -0.2) is 24.3 Å². The van der Waals surface area contributed by atoms with E-state index in [0.717, 1.165) is 25.8 Å². The molecule has 102 valence electrons. The summed E-state index contributed by atoms with van der Waals surface area (Å²) in [5, 5.41) is 6.99. The Bertz CT molecular complexity index is 475. The van der Waals surface area contributed by atoms with Gasteiger partial charge in [-0.05, 0) is 49.8 Å². The van der Waals surface area contributed by atoms with Gasteiger partial charge in [-0.1, -0.05) is 24.3 Å². The molecule has 1 aromatic rings. The van der Waals surface area contributed by atoms with E-state index in [1.165, 1.54) is 11.1 Å². The highest BCUT2D eigenvalue weighted by atomic mass is 19.1. The first-order valence-electron chi connectivity index (χ1n) is 7.51. The lowest BCUT2D eigenvalue weighted by atomic mass is 9.77. The molecular weight excluding hydrogens is 239 g/mol. The topological polar surface area (TPSA) is 24.1 Å². The maximum Gasteiger partial charge on any atom is 0.133 e. The molecule has 0 radical (unpaired) electrons. The Hall–Kier alpha value is -0.930. The molecule has 2 fully saturated rings. The first-order chi connectivity index (χ1) is 9.24. The number of benzene rings is 1. The molecule has 19 heavy (non-hydrogen) atoms. The Morgan fingerprint density at radius 3 is 2.63 bits per heavy atom. The van der Waals surface area contributed by atoms with Crippen molar-refractivity contribution in [2.45, 2.75) is 55.9 Å². The molecule has 2 N–H and O–H groups in total. The summed E-state index contributed by atoms with van der Waals surface area (Å²) >= 11 is 0. The summed E-state index contributed by atoms with van der Waals surface area (Å²) in [5.41, 5.74) is 1.44. The van der Waals surface area contributed by atoms with Gasteiger partial charge in [0.25, 0.3) is 0 Å². The second kappa shape index (κ2) is 4.29. The average molecular weight is 260 g/mol. The van der Waals surface area contributed by atoms with Gasteiger partial charge in [0, 0.05) is 12.1 Å². The van der Waals surface area contributed by atoms with Crippen LogP contribution in [0.1, 0.15) is 42.9 Å². The van der Waals surface area contributed by atoms with Crippen LogP contribution >= 0.6 is 0 Å². The van der Waals surface area contributed by atoms with Crippen LogP contribution in [0.3, 0.4) is 0 Å². The van der Waals surface area contributed by atoms with Gasteiger partial charge in [0.05, 0.1) is 6.04 Å². The molecular formula is C16H21FN2. The van der Waals surface area contributed by atoms with Gasteiger partial charge in [-0.25, -0.2) is 4.39 Å². The van der Waals surface area contributed by atoms with Crippen LogP contribution in [0.5, 0.6) is 0 Å². The van der Waals surface area contributed by atoms with Crippen molar-refractivity contribution in [2.75, 3.05) is 6.54 Å². The monoisotopic (exact) mass is 260 g/mol. The lowest BCUT2D eigenvalue weighted by Crippen LogP contribution is -2.53. The van der Waals surface area contributed by atoms with Gasteiger partial charge in [-0.2, -0.15) is 0 Å². The van der Waals surface area contributed by atoms with Crippen LogP contribution in [0.15, 0.2) is 24.3 Å². The smallest absolute Gasteiger partial charge is 0.133 e. The van der Waals surface area contributed by atoms with Crippen LogP contribution in [0.2, 0.25) is 0 Å². The summed E-state index contributed by atoms with van der Waals surface area (Å²) in [5.74, 6) is 0. The zero-order valence-corrected chi connectivity index (χ0v) is 11.2. The number of hydrogen-bond donors (Lipinski definition) is 2. The van der Waals surface area contributed by atoms with Crippen molar-refractivity contribution in [3.05, 3.63) is 35.4 Å². The van der Waals surface area contributed by atoms with Crippen molar-refractivity contribution in [2.24, 2.45) is 0 Å². The van der Waals surface area contributed by atoms with E-state index >= 15 is 4.39 Å². The van der Waals surface area contributed by atoms with Crippen molar-refractivity contribution >= 4 is 0 Å². The standard InChI is InChI=1S/C16H21FN2/c17-16(9-12-5-6-13(10-16)19-12)15-14-4-2-1-3-11(14)7-8-18-15/h1-4,12-13,15,18-19H,5-10H2. The summed E-state index contributed by atoms with van der Waals surface area (Å²) in [7, 11) is 0. The van der Waals surface area contributed by atoms with Gasteiger partial charge in [-0.3, -0.25) is 0 Å². The van der Waals surface area contributed by atoms with Crippen molar-refractivity contribution in [3.63, 3.8) is 0 Å². The van der Waals surface area contributed by atoms with Crippen molar-refractivity contribution < 1.29 is 4.39 Å². The van der Waals surface area contributed by atoms with E-state index < -0.39 is 5.67 Å². The number of piperidine rings is 1. The molecule has 3 heteroatoms. The fraction of sp³-hybridized carbons (Fsp3) is 0.625. The van der Waals surface area contributed by atoms with Crippen LogP contribution in [0.25, 0.3) is 0 Å². The second-order valence-electron chi connectivity index (χ2n) is 6.42. The zero-order chi connectivity index (χ0) is 12.9. The first-order valence-corrected chi connectivity index (χ1v) is 7.51. The van der Waals surface area contributed by atoms with Gasteiger partial charge in [-0.15, -0.1) is 0 Å². The van der Waals surface area contributed by atoms with Gasteiger partial charge in [0.1, 0.15) is 5.67 Å². The molecule has 3 aliphatic rings. The fourth-order valence-corrected chi connectivity index (χ4v) is 4.33.